The molecule has 2 aromatic carbocycles. The number of unbranched alkanes of at least 4 members (excludes halogenated alkanes) is 2. The zero-order valence-electron chi connectivity index (χ0n) is 40.1. The molecule has 8 rings (SSSR count). The first-order valence-corrected chi connectivity index (χ1v) is 23.6. The molecule has 0 fully saturated rings. The number of aromatic nitrogens is 11. The van der Waals surface area contributed by atoms with Crippen LogP contribution in [0.2, 0.25) is 5.02 Å². The average molecular weight is 1040 g/mol. The number of amides is 2. The van der Waals surface area contributed by atoms with E-state index in [2.05, 4.69) is 71.5 Å². The molecule has 8 N–H and O–H groups in total. The van der Waals surface area contributed by atoms with Crippen LogP contribution < -0.4 is 31.7 Å². The summed E-state index contributed by atoms with van der Waals surface area (Å²) in [5, 5.41) is 49.0. The molecule has 75 heavy (non-hydrogen) atoms. The molecule has 8 aromatic rings. The summed E-state index contributed by atoms with van der Waals surface area (Å²) in [6.07, 6.45) is 7.73. The highest BCUT2D eigenvalue weighted by molar-refractivity contribution is 6.35. The summed E-state index contributed by atoms with van der Waals surface area (Å²) in [7, 11) is 0. The van der Waals surface area contributed by atoms with E-state index in [0.717, 1.165) is 12.8 Å². The molecule has 2 atom stereocenters. The molecule has 23 nitrogen and oxygen atoms in total. The van der Waals surface area contributed by atoms with Gasteiger partial charge in [-0.05, 0) is 82.0 Å². The lowest BCUT2D eigenvalue weighted by atomic mass is 10.0. The number of carboxylic acids is 1. The van der Waals surface area contributed by atoms with Crippen LogP contribution in [0.1, 0.15) is 83.6 Å². The van der Waals surface area contributed by atoms with Gasteiger partial charge < -0.3 is 42.0 Å². The van der Waals surface area contributed by atoms with Crippen LogP contribution in [0, 0.1) is 29.9 Å². The largest absolute Gasteiger partial charge is 0.492 e. The average Bonchev–Trinajstić information content (AvgIpc) is 3.86. The zero-order chi connectivity index (χ0) is 53.2. The van der Waals surface area contributed by atoms with Crippen LogP contribution in [0.25, 0.3) is 33.5 Å². The predicted molar refractivity (Wildman–Crippen MR) is 268 cm³/mol. The van der Waals surface area contributed by atoms with Gasteiger partial charge in [0.25, 0.3) is 5.91 Å². The number of nitriles is 1. The van der Waals surface area contributed by atoms with Crippen LogP contribution in [0.5, 0.6) is 11.9 Å². The predicted octanol–water partition coefficient (Wildman–Crippen LogP) is 6.13. The fourth-order valence-electron chi connectivity index (χ4n) is 7.61. The van der Waals surface area contributed by atoms with Gasteiger partial charge in [-0.15, -0.1) is 5.10 Å². The number of anilines is 3. The number of pyridine rings is 2. The Balaban J connectivity index is 0.736. The summed E-state index contributed by atoms with van der Waals surface area (Å²) in [6, 6.07) is 11.6. The minimum Gasteiger partial charge on any atom is -0.492 e. The highest BCUT2D eigenvalue weighted by Crippen LogP contribution is 2.36. The van der Waals surface area contributed by atoms with Crippen molar-refractivity contribution in [2.24, 2.45) is 0 Å². The summed E-state index contributed by atoms with van der Waals surface area (Å²) in [4.78, 5) is 71.1. The van der Waals surface area contributed by atoms with Crippen molar-refractivity contribution in [3.05, 3.63) is 124 Å². The van der Waals surface area contributed by atoms with Crippen molar-refractivity contribution in [2.45, 2.75) is 77.7 Å². The molecule has 26 heteroatoms. The first-order valence-electron chi connectivity index (χ1n) is 23.2. The van der Waals surface area contributed by atoms with E-state index in [1.54, 1.807) is 36.9 Å². The molecule has 384 valence electrons. The number of halogens is 3. The summed E-state index contributed by atoms with van der Waals surface area (Å²) in [6.45, 7) is 4.47. The Morgan fingerprint density at radius 1 is 0.920 bits per heavy atom. The van der Waals surface area contributed by atoms with E-state index in [4.69, 9.17) is 22.1 Å². The standard InChI is InChI=1S/C49H46ClF2N17O6/c1-25(33-16-27(18-53)6-11-34(33)51)61-42-39(50)26(2)60-37-17-35(52)40(64-41(37)42)29-19-58-49(59-20-29)75-15-5-3-4-14-69-24-32(67-68-69)23-56-38(70)13-12-36(47(73)74)63-45(71)28-7-9-30(10-8-28)55-21-31-22-57-44-43(62-31)46(72)66-48(54)65-44/h6-11,16-17,19-20,22,24-25,36,55H,3-5,12-15,21,23H2,1-2H3,(H,56,70)(H,60,61)(H,63,71)(H,73,74)(H3,54,57,65,66,72)/t25-,36+/m1/s1. The van der Waals surface area contributed by atoms with Crippen molar-refractivity contribution >= 4 is 68.9 Å². The Kier molecular flexibility index (Phi) is 16.3. The summed E-state index contributed by atoms with van der Waals surface area (Å²) in [5.41, 5.74) is 9.45. The molecule has 0 aliphatic carbocycles. The van der Waals surface area contributed by atoms with Gasteiger partial charge in [0.15, 0.2) is 17.0 Å². The van der Waals surface area contributed by atoms with Crippen LogP contribution in [-0.4, -0.2) is 95.5 Å². The lowest BCUT2D eigenvalue weighted by molar-refractivity contribution is -0.139. The number of benzene rings is 2. The van der Waals surface area contributed by atoms with Crippen LogP contribution in [0.15, 0.2) is 73.3 Å². The molecule has 0 aliphatic rings. The number of rotatable bonds is 22. The van der Waals surface area contributed by atoms with Gasteiger partial charge >= 0.3 is 12.0 Å². The van der Waals surface area contributed by atoms with Crippen molar-refractivity contribution in [3.8, 4) is 29.2 Å². The lowest BCUT2D eigenvalue weighted by Gasteiger charge is -2.20. The highest BCUT2D eigenvalue weighted by Gasteiger charge is 2.23. The van der Waals surface area contributed by atoms with Crippen molar-refractivity contribution in [3.63, 3.8) is 0 Å². The maximum absolute atomic E-state index is 15.5. The number of nitrogen functional groups attached to an aromatic ring is 1. The second kappa shape index (κ2) is 23.5. The van der Waals surface area contributed by atoms with E-state index >= 15 is 4.39 Å². The van der Waals surface area contributed by atoms with Crippen LogP contribution in [0.3, 0.4) is 0 Å². The maximum atomic E-state index is 15.5. The number of ether oxygens (including phenoxy) is 1. The third kappa shape index (κ3) is 13.0. The first-order chi connectivity index (χ1) is 36.1. The molecule has 6 aromatic heterocycles. The maximum Gasteiger partial charge on any atom is 0.326 e. The highest BCUT2D eigenvalue weighted by atomic mass is 35.5. The number of fused-ring (bicyclic) bond motifs is 2. The number of nitrogens with zero attached hydrogens (tertiary/aromatic N) is 12. The second-order valence-corrected chi connectivity index (χ2v) is 17.4. The Morgan fingerprint density at radius 3 is 2.47 bits per heavy atom. The molecule has 0 saturated carbocycles. The normalized spacial score (nSPS) is 11.9. The number of hydrogen-bond acceptors (Lipinski definition) is 19. The molecule has 0 unspecified atom stereocenters. The SMILES string of the molecule is Cc1nc2cc(F)c(-c3cnc(OCCCCCn4cc(CNC(=O)CC[C@H](NC(=O)c5ccc(NCc6cnc7nc(N)nc(O)c7n6)cc5)C(=O)O)nn4)nc3)nc2c(N[C@H](C)c2cc(C#N)ccc2F)c1Cl. The molecule has 0 radical (unpaired) electrons. The van der Waals surface area contributed by atoms with Gasteiger partial charge in [0.1, 0.15) is 28.8 Å². The summed E-state index contributed by atoms with van der Waals surface area (Å²) in [5.74, 6) is -4.09. The van der Waals surface area contributed by atoms with Gasteiger partial charge in [-0.2, -0.15) is 15.2 Å². The lowest BCUT2D eigenvalue weighted by Crippen LogP contribution is -2.41. The van der Waals surface area contributed by atoms with Crippen molar-refractivity contribution < 1.29 is 38.1 Å². The molecule has 0 spiro atoms. The number of nitrogens with two attached hydrogens (primary N) is 1. The van der Waals surface area contributed by atoms with Crippen LogP contribution >= 0.6 is 11.6 Å². The monoisotopic (exact) mass is 1040 g/mol. The fourth-order valence-corrected chi connectivity index (χ4v) is 7.80. The minimum atomic E-state index is -1.33. The number of aryl methyl sites for hydroxylation is 2. The van der Waals surface area contributed by atoms with Gasteiger partial charge in [-0.1, -0.05) is 16.8 Å². The summed E-state index contributed by atoms with van der Waals surface area (Å²) >= 11 is 6.67. The third-order valence-electron chi connectivity index (χ3n) is 11.5. The Bertz CT molecular complexity index is 3460. The van der Waals surface area contributed by atoms with E-state index in [1.165, 1.54) is 55.0 Å². The second-order valence-electron chi connectivity index (χ2n) is 17.0. The third-order valence-corrected chi connectivity index (χ3v) is 12.0. The molecule has 0 aliphatic heterocycles. The van der Waals surface area contributed by atoms with Gasteiger partial charge in [0.2, 0.25) is 17.7 Å². The quantitative estimate of drug-likeness (QED) is 0.0376. The Morgan fingerprint density at radius 2 is 1.71 bits per heavy atom. The number of aromatic hydroxyl groups is 1. The van der Waals surface area contributed by atoms with E-state index in [-0.39, 0.29) is 93.1 Å². The number of carbonyl (C=O) groups excluding carboxylic acids is 2. The van der Waals surface area contributed by atoms with Crippen molar-refractivity contribution in [2.75, 3.05) is 23.0 Å². The summed E-state index contributed by atoms with van der Waals surface area (Å²) < 4.78 is 37.6. The van der Waals surface area contributed by atoms with Gasteiger partial charge in [0, 0.05) is 53.8 Å². The van der Waals surface area contributed by atoms with Gasteiger partial charge in [-0.25, -0.2) is 43.5 Å². The van der Waals surface area contributed by atoms with Crippen molar-refractivity contribution in [1.82, 2.24) is 65.5 Å². The van der Waals surface area contributed by atoms with Crippen LogP contribution in [-0.2, 0) is 29.2 Å². The van der Waals surface area contributed by atoms with E-state index in [1.807, 2.05) is 6.07 Å². The number of carboxylic acid groups (broad SMARTS) is 1. The van der Waals surface area contributed by atoms with E-state index in [9.17, 15) is 34.2 Å². The number of hydrogen-bond donors (Lipinski definition) is 7. The molecule has 0 bridgehead atoms. The van der Waals surface area contributed by atoms with E-state index < -0.39 is 47.4 Å². The fraction of sp³-hybridized carbons (Fsp3) is 0.265. The molecular formula is C49H46ClF2N17O6. The number of aliphatic carboxylic acids is 1. The minimum absolute atomic E-state index is 0.0600. The molecule has 6 heterocycles. The molecule has 0 saturated heterocycles. The van der Waals surface area contributed by atoms with E-state index in [0.29, 0.717) is 48.0 Å². The van der Waals surface area contributed by atoms with Crippen molar-refractivity contribution in [1.29, 1.82) is 5.26 Å². The Labute approximate surface area is 430 Å². The first kappa shape index (κ1) is 52.0. The molecular weight excluding hydrogens is 996 g/mol. The Hall–Kier alpha value is -9.31. The molecule has 2 amide bonds. The smallest absolute Gasteiger partial charge is 0.326 e. The number of carbonyl (C=O) groups is 3. The number of nitrogens with one attached hydrogen (secondary N) is 4. The van der Waals surface area contributed by atoms with Gasteiger partial charge in [-0.3, -0.25) is 14.3 Å². The zero-order valence-corrected chi connectivity index (χ0v) is 40.8. The topological polar surface area (TPSA) is 333 Å². The van der Waals surface area contributed by atoms with Crippen LogP contribution in [0.4, 0.5) is 26.1 Å². The van der Waals surface area contributed by atoms with Gasteiger partial charge in [0.05, 0.1) is 77.4 Å².